The summed E-state index contributed by atoms with van der Waals surface area (Å²) in [5.41, 5.74) is 2.66. The fraction of sp³-hybridized carbons (Fsp3) is 0.321. The Morgan fingerprint density at radius 1 is 1.00 bits per heavy atom. The average Bonchev–Trinajstić information content (AvgIpc) is 3.27. The highest BCUT2D eigenvalue weighted by Crippen LogP contribution is 2.53. The Hall–Kier alpha value is -4.12. The molecule has 2 aliphatic heterocycles. The predicted octanol–water partition coefficient (Wildman–Crippen LogP) is 6.92. The van der Waals surface area contributed by atoms with Gasteiger partial charge in [0.2, 0.25) is 0 Å². The van der Waals surface area contributed by atoms with Crippen molar-refractivity contribution in [3.8, 4) is 16.9 Å². The van der Waals surface area contributed by atoms with E-state index in [2.05, 4.69) is 4.74 Å². The van der Waals surface area contributed by atoms with Crippen molar-refractivity contribution >= 4 is 11.8 Å². The lowest BCUT2D eigenvalue weighted by Gasteiger charge is -2.38. The summed E-state index contributed by atoms with van der Waals surface area (Å²) in [6.07, 6.45) is -4.47. The molecule has 2 aliphatic rings. The molecule has 0 aliphatic carbocycles. The minimum absolute atomic E-state index is 0.0299. The van der Waals surface area contributed by atoms with Gasteiger partial charge in [-0.15, -0.1) is 13.2 Å². The Balaban J connectivity index is 1.45. The third kappa shape index (κ3) is 5.83. The fourth-order valence-electron chi connectivity index (χ4n) is 5.51. The van der Waals surface area contributed by atoms with Crippen molar-refractivity contribution in [2.45, 2.75) is 43.2 Å². The molecule has 5 rings (SSSR count). The molecule has 3 aromatic carbocycles. The second kappa shape index (κ2) is 10.2. The summed E-state index contributed by atoms with van der Waals surface area (Å²) in [6, 6.07) is 19.6. The van der Waals surface area contributed by atoms with Gasteiger partial charge in [0.1, 0.15) is 5.75 Å². The minimum atomic E-state index is -4.77. The molecule has 1 N–H and O–H groups in total. The second-order valence-electron chi connectivity index (χ2n) is 9.85. The fourth-order valence-corrected chi connectivity index (χ4v) is 5.51. The molecule has 0 aromatic heterocycles. The molecule has 2 heterocycles. The van der Waals surface area contributed by atoms with Gasteiger partial charge in [0.15, 0.2) is 0 Å². The van der Waals surface area contributed by atoms with Gasteiger partial charge in [0, 0.05) is 31.1 Å². The van der Waals surface area contributed by atoms with Crippen molar-refractivity contribution in [3.05, 3.63) is 94.0 Å². The SMILES string of the molecule is O=C(O)N1CCC2(CC1)C[C@H](c1cccc(-c3ccc(OC(F)(F)F)cc3)c1)C(c1ccc([N+](=O)[O-])cc1)O2. The molecule has 0 saturated carbocycles. The first-order valence-corrected chi connectivity index (χ1v) is 12.4. The lowest BCUT2D eigenvalue weighted by molar-refractivity contribution is -0.384. The molecule has 3 aromatic rings. The zero-order valence-corrected chi connectivity index (χ0v) is 20.6. The molecule has 1 unspecified atom stereocenters. The number of alkyl halides is 3. The Labute approximate surface area is 221 Å². The number of nitro benzene ring substituents is 1. The molecule has 11 heteroatoms. The van der Waals surface area contributed by atoms with Gasteiger partial charge in [0.25, 0.3) is 5.69 Å². The van der Waals surface area contributed by atoms with E-state index in [1.54, 1.807) is 24.3 Å². The molecule has 2 fully saturated rings. The number of benzene rings is 3. The van der Waals surface area contributed by atoms with Gasteiger partial charge in [-0.2, -0.15) is 0 Å². The molecule has 2 atom stereocenters. The van der Waals surface area contributed by atoms with Crippen LogP contribution >= 0.6 is 0 Å². The quantitative estimate of drug-likeness (QED) is 0.277. The van der Waals surface area contributed by atoms with E-state index in [1.807, 2.05) is 24.3 Å². The predicted molar refractivity (Wildman–Crippen MR) is 134 cm³/mol. The summed E-state index contributed by atoms with van der Waals surface area (Å²) in [5.74, 6) is -0.435. The van der Waals surface area contributed by atoms with E-state index in [0.717, 1.165) is 16.7 Å². The summed E-state index contributed by atoms with van der Waals surface area (Å²) in [6.45, 7) is 0.697. The molecule has 1 amide bonds. The Kier molecular flexibility index (Phi) is 6.94. The van der Waals surface area contributed by atoms with E-state index in [9.17, 15) is 33.2 Å². The number of rotatable bonds is 5. The standard InChI is InChI=1S/C28H25F3N2O6/c29-28(30,31)38-23-10-6-18(7-11-23)20-2-1-3-21(16-20)24-17-27(12-14-32(15-13-27)26(34)35)39-25(24)19-4-8-22(9-5-19)33(36)37/h1-11,16,24-25H,12-15,17H2,(H,34,35)/t24-,25?/m1/s1. The van der Waals surface area contributed by atoms with Crippen molar-refractivity contribution in [1.29, 1.82) is 0 Å². The van der Waals surface area contributed by atoms with Crippen molar-refractivity contribution < 1.29 is 37.5 Å². The van der Waals surface area contributed by atoms with E-state index < -0.39 is 29.1 Å². The molecule has 0 radical (unpaired) electrons. The third-order valence-corrected chi connectivity index (χ3v) is 7.45. The molecule has 8 nitrogen and oxygen atoms in total. The summed E-state index contributed by atoms with van der Waals surface area (Å²) in [5, 5.41) is 20.5. The number of carbonyl (C=O) groups is 1. The number of ether oxygens (including phenoxy) is 2. The number of hydrogen-bond acceptors (Lipinski definition) is 5. The van der Waals surface area contributed by atoms with Crippen molar-refractivity contribution in [2.75, 3.05) is 13.1 Å². The lowest BCUT2D eigenvalue weighted by Crippen LogP contribution is -2.46. The molecule has 0 bridgehead atoms. The molecule has 39 heavy (non-hydrogen) atoms. The van der Waals surface area contributed by atoms with Crippen LogP contribution in [0.4, 0.5) is 23.7 Å². The zero-order valence-electron chi connectivity index (χ0n) is 20.6. The van der Waals surface area contributed by atoms with Gasteiger partial charge in [-0.1, -0.05) is 36.4 Å². The summed E-state index contributed by atoms with van der Waals surface area (Å²) in [4.78, 5) is 23.5. The summed E-state index contributed by atoms with van der Waals surface area (Å²) < 4.78 is 48.3. The average molecular weight is 543 g/mol. The van der Waals surface area contributed by atoms with Gasteiger partial charge in [-0.05, 0) is 65.8 Å². The number of halogens is 3. The van der Waals surface area contributed by atoms with Crippen LogP contribution in [-0.4, -0.2) is 46.1 Å². The van der Waals surface area contributed by atoms with Crippen LogP contribution in [0.5, 0.6) is 5.75 Å². The maximum absolute atomic E-state index is 12.5. The maximum atomic E-state index is 12.5. The number of piperidine rings is 1. The van der Waals surface area contributed by atoms with E-state index >= 15 is 0 Å². The number of amides is 1. The lowest BCUT2D eigenvalue weighted by atomic mass is 9.80. The Bertz CT molecular complexity index is 1350. The normalized spacial score (nSPS) is 20.6. The minimum Gasteiger partial charge on any atom is -0.465 e. The smallest absolute Gasteiger partial charge is 0.465 e. The highest BCUT2D eigenvalue weighted by molar-refractivity contribution is 5.66. The van der Waals surface area contributed by atoms with Crippen molar-refractivity contribution in [2.24, 2.45) is 0 Å². The first kappa shape index (κ1) is 26.5. The van der Waals surface area contributed by atoms with E-state index in [4.69, 9.17) is 4.74 Å². The van der Waals surface area contributed by atoms with Crippen LogP contribution < -0.4 is 4.74 Å². The van der Waals surface area contributed by atoms with E-state index in [-0.39, 0.29) is 17.4 Å². The Morgan fingerprint density at radius 2 is 1.67 bits per heavy atom. The number of nitro groups is 1. The van der Waals surface area contributed by atoms with Crippen LogP contribution in [0.15, 0.2) is 72.8 Å². The van der Waals surface area contributed by atoms with Crippen LogP contribution in [-0.2, 0) is 4.74 Å². The first-order valence-electron chi connectivity index (χ1n) is 12.4. The largest absolute Gasteiger partial charge is 0.573 e. The number of non-ortho nitro benzene ring substituents is 1. The molecule has 2 saturated heterocycles. The van der Waals surface area contributed by atoms with Crippen molar-refractivity contribution in [1.82, 2.24) is 4.90 Å². The molecular weight excluding hydrogens is 517 g/mol. The number of carboxylic acid groups (broad SMARTS) is 1. The zero-order chi connectivity index (χ0) is 27.8. The van der Waals surface area contributed by atoms with Gasteiger partial charge in [-0.25, -0.2) is 4.79 Å². The second-order valence-corrected chi connectivity index (χ2v) is 9.85. The summed E-state index contributed by atoms with van der Waals surface area (Å²) in [7, 11) is 0. The third-order valence-electron chi connectivity index (χ3n) is 7.45. The number of likely N-dealkylation sites (tertiary alicyclic amines) is 1. The van der Waals surface area contributed by atoms with Crippen molar-refractivity contribution in [3.63, 3.8) is 0 Å². The van der Waals surface area contributed by atoms with Crippen LogP contribution in [0.2, 0.25) is 0 Å². The van der Waals surface area contributed by atoms with Crippen LogP contribution in [0.3, 0.4) is 0 Å². The molecule has 1 spiro atoms. The van der Waals surface area contributed by atoms with Gasteiger partial charge >= 0.3 is 12.5 Å². The van der Waals surface area contributed by atoms with Crippen LogP contribution in [0.1, 0.15) is 42.4 Å². The van der Waals surface area contributed by atoms with Gasteiger partial charge in [-0.3, -0.25) is 10.1 Å². The van der Waals surface area contributed by atoms with Crippen LogP contribution in [0, 0.1) is 10.1 Å². The number of hydrogen-bond donors (Lipinski definition) is 1. The van der Waals surface area contributed by atoms with E-state index in [0.29, 0.717) is 37.9 Å². The van der Waals surface area contributed by atoms with Gasteiger partial charge in [0.05, 0.1) is 16.6 Å². The monoisotopic (exact) mass is 542 g/mol. The highest BCUT2D eigenvalue weighted by atomic mass is 19.4. The molecular formula is C28H25F3N2O6. The summed E-state index contributed by atoms with van der Waals surface area (Å²) >= 11 is 0. The topological polar surface area (TPSA) is 102 Å². The number of nitrogens with zero attached hydrogens (tertiary/aromatic N) is 2. The maximum Gasteiger partial charge on any atom is 0.573 e. The van der Waals surface area contributed by atoms with E-state index in [1.165, 1.54) is 29.2 Å². The first-order chi connectivity index (χ1) is 18.5. The highest BCUT2D eigenvalue weighted by Gasteiger charge is 2.49. The van der Waals surface area contributed by atoms with Gasteiger partial charge < -0.3 is 19.5 Å². The van der Waals surface area contributed by atoms with Crippen LogP contribution in [0.25, 0.3) is 11.1 Å². The molecule has 204 valence electrons. The Morgan fingerprint density at radius 3 is 2.26 bits per heavy atom.